The highest BCUT2D eigenvalue weighted by molar-refractivity contribution is 7.19. The molecule has 2 aliphatic rings. The van der Waals surface area contributed by atoms with Crippen LogP contribution in [-0.2, 0) is 12.8 Å². The topological polar surface area (TPSA) is 35.5 Å². The number of fused-ring (bicyclic) bond motifs is 3. The lowest BCUT2D eigenvalue weighted by Crippen LogP contribution is -2.47. The van der Waals surface area contributed by atoms with Crippen LogP contribution in [0.5, 0.6) is 0 Å². The monoisotopic (exact) mass is 429 g/mol. The van der Waals surface area contributed by atoms with E-state index in [1.165, 1.54) is 67.6 Å². The molecule has 1 atom stereocenters. The lowest BCUT2D eigenvalue weighted by atomic mass is 10.1. The van der Waals surface area contributed by atoms with Crippen LogP contribution in [0.2, 0.25) is 0 Å². The Morgan fingerprint density at radius 3 is 2.53 bits per heavy atom. The Balaban J connectivity index is 1.60. The largest absolute Gasteiger partial charge is 0.353 e. The van der Waals surface area contributed by atoms with E-state index in [4.69, 9.17) is 9.97 Å². The van der Waals surface area contributed by atoms with E-state index >= 15 is 0 Å². The van der Waals surface area contributed by atoms with Gasteiger partial charge in [0.2, 0.25) is 0 Å². The molecule has 0 saturated carbocycles. The first-order valence-electron chi connectivity index (χ1n) is 12.0. The number of hydrogen-bond donors (Lipinski definition) is 0. The number of aryl methyl sites for hydroxylation is 2. The van der Waals surface area contributed by atoms with Crippen LogP contribution in [0.15, 0.2) is 0 Å². The van der Waals surface area contributed by atoms with Gasteiger partial charge in [0, 0.05) is 37.0 Å². The Hall–Kier alpha value is -1.24. The fraction of sp³-hybridized carbons (Fsp3) is 0.750. The summed E-state index contributed by atoms with van der Waals surface area (Å²) < 4.78 is 0. The van der Waals surface area contributed by atoms with Crippen LogP contribution >= 0.6 is 11.3 Å². The van der Waals surface area contributed by atoms with Crippen molar-refractivity contribution in [3.8, 4) is 0 Å². The van der Waals surface area contributed by atoms with Gasteiger partial charge < -0.3 is 9.80 Å². The van der Waals surface area contributed by atoms with Gasteiger partial charge in [-0.25, -0.2) is 9.97 Å². The van der Waals surface area contributed by atoms with E-state index in [0.717, 1.165) is 38.4 Å². The van der Waals surface area contributed by atoms with Gasteiger partial charge in [-0.05, 0) is 71.3 Å². The maximum absolute atomic E-state index is 5.21. The second-order valence-corrected chi connectivity index (χ2v) is 10.5. The molecule has 5 nitrogen and oxygen atoms in total. The summed E-state index contributed by atoms with van der Waals surface area (Å²) in [6.45, 7) is 11.3. The van der Waals surface area contributed by atoms with Crippen molar-refractivity contribution >= 4 is 27.4 Å². The van der Waals surface area contributed by atoms with Crippen LogP contribution in [0.3, 0.4) is 0 Å². The third-order valence-corrected chi connectivity index (χ3v) is 8.05. The number of nitrogens with zero attached hydrogens (tertiary/aromatic N) is 5. The molecule has 1 aliphatic heterocycles. The van der Waals surface area contributed by atoms with Crippen molar-refractivity contribution in [3.63, 3.8) is 0 Å². The molecule has 3 heterocycles. The highest BCUT2D eigenvalue weighted by atomic mass is 32.1. The van der Waals surface area contributed by atoms with Crippen LogP contribution in [-0.4, -0.2) is 73.1 Å². The van der Waals surface area contributed by atoms with E-state index in [1.54, 1.807) is 10.4 Å². The molecule has 0 bridgehead atoms. The lowest BCUT2D eigenvalue weighted by Gasteiger charge is -2.36. The van der Waals surface area contributed by atoms with Crippen LogP contribution in [0.25, 0.3) is 10.2 Å². The van der Waals surface area contributed by atoms with Gasteiger partial charge in [-0.2, -0.15) is 0 Å². The van der Waals surface area contributed by atoms with Gasteiger partial charge in [-0.1, -0.05) is 20.3 Å². The Kier molecular flexibility index (Phi) is 7.27. The van der Waals surface area contributed by atoms with Crippen molar-refractivity contribution < 1.29 is 0 Å². The molecule has 4 rings (SSSR count). The van der Waals surface area contributed by atoms with E-state index in [-0.39, 0.29) is 0 Å². The van der Waals surface area contributed by atoms with Crippen molar-refractivity contribution in [1.82, 2.24) is 19.8 Å². The Morgan fingerprint density at radius 2 is 1.80 bits per heavy atom. The van der Waals surface area contributed by atoms with Gasteiger partial charge in [0.25, 0.3) is 0 Å². The van der Waals surface area contributed by atoms with E-state index in [0.29, 0.717) is 5.92 Å². The number of hydrogen-bond acceptors (Lipinski definition) is 6. The number of aromatic nitrogens is 2. The molecule has 0 radical (unpaired) electrons. The predicted octanol–water partition coefficient (Wildman–Crippen LogP) is 4.55. The van der Waals surface area contributed by atoms with Crippen molar-refractivity contribution in [1.29, 1.82) is 0 Å². The molecule has 2 aromatic heterocycles. The second-order valence-electron chi connectivity index (χ2n) is 9.44. The molecule has 166 valence electrons. The fourth-order valence-corrected chi connectivity index (χ4v) is 6.02. The van der Waals surface area contributed by atoms with Gasteiger partial charge >= 0.3 is 0 Å². The smallest absolute Gasteiger partial charge is 0.141 e. The molecule has 1 fully saturated rings. The highest BCUT2D eigenvalue weighted by Gasteiger charge is 2.26. The Labute approximate surface area is 186 Å². The molecule has 0 aromatic carbocycles. The summed E-state index contributed by atoms with van der Waals surface area (Å²) in [4.78, 5) is 20.6. The zero-order chi connectivity index (χ0) is 21.1. The second kappa shape index (κ2) is 9.92. The lowest BCUT2D eigenvalue weighted by molar-refractivity contribution is 0.242. The first-order valence-corrected chi connectivity index (χ1v) is 12.8. The number of rotatable bonds is 7. The number of piperazine rings is 1. The molecule has 0 N–H and O–H groups in total. The number of anilines is 1. The summed E-state index contributed by atoms with van der Waals surface area (Å²) in [7, 11) is 4.33. The minimum atomic E-state index is 0.419. The molecule has 1 saturated heterocycles. The van der Waals surface area contributed by atoms with Crippen molar-refractivity contribution in [2.75, 3.05) is 58.3 Å². The molecule has 6 heteroatoms. The highest BCUT2D eigenvalue weighted by Crippen LogP contribution is 2.40. The molecular weight excluding hydrogens is 390 g/mol. The fourth-order valence-electron chi connectivity index (χ4n) is 4.76. The SMILES string of the molecule is CCC(C)c1nc(N2CCN(CCCN(C)C)CC2)c2c3c(sc2n1)CCCCC3. The molecule has 2 aromatic rings. The minimum absolute atomic E-state index is 0.419. The quantitative estimate of drug-likeness (QED) is 0.604. The van der Waals surface area contributed by atoms with Crippen molar-refractivity contribution in [3.05, 3.63) is 16.3 Å². The molecule has 1 aliphatic carbocycles. The third-order valence-electron chi connectivity index (χ3n) is 6.87. The molecular formula is C24H39N5S. The van der Waals surface area contributed by atoms with Crippen LogP contribution in [0, 0.1) is 0 Å². The maximum Gasteiger partial charge on any atom is 0.141 e. The van der Waals surface area contributed by atoms with Gasteiger partial charge in [-0.15, -0.1) is 11.3 Å². The van der Waals surface area contributed by atoms with Gasteiger partial charge in [0.1, 0.15) is 16.5 Å². The predicted molar refractivity (Wildman–Crippen MR) is 129 cm³/mol. The molecule has 0 amide bonds. The standard InChI is InChI=1S/C24H39N5S/c1-5-18(2)22-25-23(29-16-14-28(15-17-29)13-9-12-27(3)4)21-19-10-7-6-8-11-20(19)30-24(21)26-22/h18H,5-17H2,1-4H3. The first kappa shape index (κ1) is 22.0. The van der Waals surface area contributed by atoms with Crippen molar-refractivity contribution in [2.24, 2.45) is 0 Å². The molecule has 1 unspecified atom stereocenters. The maximum atomic E-state index is 5.21. The van der Waals surface area contributed by atoms with Crippen LogP contribution in [0.1, 0.15) is 68.1 Å². The zero-order valence-corrected chi connectivity index (χ0v) is 20.2. The average molecular weight is 430 g/mol. The van der Waals surface area contributed by atoms with Gasteiger partial charge in [0.05, 0.1) is 5.39 Å². The van der Waals surface area contributed by atoms with E-state index in [9.17, 15) is 0 Å². The normalized spacial score (nSPS) is 19.3. The van der Waals surface area contributed by atoms with E-state index < -0.39 is 0 Å². The summed E-state index contributed by atoms with van der Waals surface area (Å²) in [5.41, 5.74) is 1.58. The first-order chi connectivity index (χ1) is 14.6. The van der Waals surface area contributed by atoms with Crippen LogP contribution in [0.4, 0.5) is 5.82 Å². The van der Waals surface area contributed by atoms with Crippen molar-refractivity contribution in [2.45, 2.75) is 64.7 Å². The van der Waals surface area contributed by atoms with Crippen LogP contribution < -0.4 is 4.90 Å². The average Bonchev–Trinajstić information content (AvgIpc) is 2.93. The Bertz CT molecular complexity index is 838. The molecule has 0 spiro atoms. The summed E-state index contributed by atoms with van der Waals surface area (Å²) in [6, 6.07) is 0. The zero-order valence-electron chi connectivity index (χ0n) is 19.4. The van der Waals surface area contributed by atoms with E-state index in [2.05, 4.69) is 42.6 Å². The Morgan fingerprint density at radius 1 is 1.03 bits per heavy atom. The molecule has 30 heavy (non-hydrogen) atoms. The summed E-state index contributed by atoms with van der Waals surface area (Å²) >= 11 is 1.95. The third kappa shape index (κ3) is 4.81. The number of thiophene rings is 1. The summed E-state index contributed by atoms with van der Waals surface area (Å²) in [5.74, 6) is 2.70. The minimum Gasteiger partial charge on any atom is -0.353 e. The van der Waals surface area contributed by atoms with E-state index in [1.807, 2.05) is 11.3 Å². The summed E-state index contributed by atoms with van der Waals surface area (Å²) in [5, 5.41) is 1.39. The van der Waals surface area contributed by atoms with Gasteiger partial charge in [-0.3, -0.25) is 4.90 Å². The van der Waals surface area contributed by atoms with Gasteiger partial charge in [0.15, 0.2) is 0 Å². The summed E-state index contributed by atoms with van der Waals surface area (Å²) in [6.07, 6.45) is 8.77.